The van der Waals surface area contributed by atoms with Gasteiger partial charge in [0.15, 0.2) is 0 Å². The number of nitrogens with one attached hydrogen (secondary N) is 2. The van der Waals surface area contributed by atoms with Crippen molar-refractivity contribution >= 4 is 46.4 Å². The molecule has 0 saturated heterocycles. The number of hydrogen-bond acceptors (Lipinski definition) is 6. The van der Waals surface area contributed by atoms with E-state index in [0.717, 1.165) is 189 Å². The molecule has 4 aromatic carbocycles. The maximum atomic E-state index is 6.20. The molecule has 0 spiro atoms. The maximum absolute atomic E-state index is 6.20. The summed E-state index contributed by atoms with van der Waals surface area (Å²) >= 11 is 0. The first-order chi connectivity index (χ1) is 37.5. The van der Waals surface area contributed by atoms with Crippen molar-refractivity contribution in [3.05, 3.63) is 195 Å². The number of benzene rings is 4. The third kappa shape index (κ3) is 13.3. The zero-order chi connectivity index (χ0) is 52.3. The number of rotatable bonds is 28. The lowest BCUT2D eigenvalue weighted by molar-refractivity contribution is 0.307. The summed E-state index contributed by atoms with van der Waals surface area (Å²) in [6.45, 7) is 18.1. The Balaban J connectivity index is 1.24. The fourth-order valence-electron chi connectivity index (χ4n) is 9.61. The number of nitrogens with zero attached hydrogens (tertiary/aromatic N) is 2. The lowest BCUT2D eigenvalue weighted by Crippen LogP contribution is -1.97. The van der Waals surface area contributed by atoms with Crippen LogP contribution in [0.15, 0.2) is 172 Å². The van der Waals surface area contributed by atoms with E-state index in [9.17, 15) is 0 Å². The Hall–Kier alpha value is -8.36. The van der Waals surface area contributed by atoms with Crippen LogP contribution in [0.1, 0.15) is 99.8 Å². The van der Waals surface area contributed by atoms with Crippen molar-refractivity contribution in [1.82, 2.24) is 19.9 Å². The first kappa shape index (κ1) is 52.5. The van der Waals surface area contributed by atoms with Gasteiger partial charge in [-0.05, 0) is 196 Å². The van der Waals surface area contributed by atoms with Gasteiger partial charge in [-0.1, -0.05) is 72.8 Å². The van der Waals surface area contributed by atoms with E-state index in [1.807, 2.05) is 24.3 Å². The van der Waals surface area contributed by atoms with Crippen molar-refractivity contribution in [1.29, 1.82) is 0 Å². The number of ether oxygens (including phenoxy) is 4. The Morgan fingerprint density at radius 3 is 0.737 bits per heavy atom. The summed E-state index contributed by atoms with van der Waals surface area (Å²) in [5, 5.41) is 0. The molecule has 3 aromatic heterocycles. The molecule has 0 fully saturated rings. The molecule has 7 aromatic rings. The highest BCUT2D eigenvalue weighted by Crippen LogP contribution is 2.40. The van der Waals surface area contributed by atoms with Crippen LogP contribution >= 0.6 is 0 Å². The van der Waals surface area contributed by atoms with Crippen LogP contribution in [-0.4, -0.2) is 46.4 Å². The molecule has 2 aliphatic heterocycles. The van der Waals surface area contributed by atoms with Gasteiger partial charge in [0.2, 0.25) is 0 Å². The van der Waals surface area contributed by atoms with Gasteiger partial charge in [-0.25, -0.2) is 9.97 Å². The summed E-state index contributed by atoms with van der Waals surface area (Å²) in [5.74, 6) is 3.32. The van der Waals surface area contributed by atoms with E-state index in [1.165, 1.54) is 0 Å². The molecule has 76 heavy (non-hydrogen) atoms. The first-order valence-electron chi connectivity index (χ1n) is 27.1. The Labute approximate surface area is 448 Å². The molecule has 386 valence electrons. The summed E-state index contributed by atoms with van der Waals surface area (Å²) in [7, 11) is 0. The molecule has 0 amide bonds. The summed E-state index contributed by atoms with van der Waals surface area (Å²) in [4.78, 5) is 18.9. The van der Waals surface area contributed by atoms with Crippen molar-refractivity contribution in [2.24, 2.45) is 0 Å². The van der Waals surface area contributed by atoms with Crippen LogP contribution in [0.25, 0.3) is 90.9 Å². The minimum absolute atomic E-state index is 0.649. The molecule has 0 unspecified atom stereocenters. The van der Waals surface area contributed by atoms with Crippen LogP contribution in [0, 0.1) is 0 Å². The summed E-state index contributed by atoms with van der Waals surface area (Å²) in [5.41, 5.74) is 14.9. The SMILES string of the molecule is C=CCCCCOc1ccc(-c2c3nc(c(-c4ccc(OCCCCC=C)cc4)c4ccc([nH]4)c(-c4ccc(OCCCCC=C)cc4)c4nc(c(-c5ccc(OCCCCC=C)cc5)c5ccc2[nH]5)C=C4)C=C3)cc1. The summed E-state index contributed by atoms with van der Waals surface area (Å²) in [6.07, 6.45) is 28.3. The van der Waals surface area contributed by atoms with Crippen LogP contribution in [0.3, 0.4) is 0 Å². The maximum Gasteiger partial charge on any atom is 0.119 e. The van der Waals surface area contributed by atoms with Gasteiger partial charge in [0, 0.05) is 44.3 Å². The van der Waals surface area contributed by atoms with E-state index < -0.39 is 0 Å². The number of aromatic nitrogens is 4. The second kappa shape index (κ2) is 26.7. The lowest BCUT2D eigenvalue weighted by Gasteiger charge is -2.10. The number of allylic oxidation sites excluding steroid dienone is 4. The van der Waals surface area contributed by atoms with Gasteiger partial charge in [-0.15, -0.1) is 26.3 Å². The fraction of sp³-hybridized carbons (Fsp3) is 0.235. The average molecular weight is 1010 g/mol. The van der Waals surface area contributed by atoms with E-state index in [0.29, 0.717) is 26.4 Å². The molecule has 0 saturated carbocycles. The number of fused-ring (bicyclic) bond motifs is 8. The number of hydrogen-bond donors (Lipinski definition) is 2. The molecule has 8 bridgehead atoms. The molecule has 9 rings (SSSR count). The molecule has 0 aliphatic carbocycles. The first-order valence-corrected chi connectivity index (χ1v) is 27.1. The van der Waals surface area contributed by atoms with Gasteiger partial charge in [0.25, 0.3) is 0 Å². The van der Waals surface area contributed by atoms with Crippen molar-refractivity contribution in [2.75, 3.05) is 26.4 Å². The van der Waals surface area contributed by atoms with E-state index in [2.05, 4.69) is 182 Å². The monoisotopic (exact) mass is 1010 g/mol. The van der Waals surface area contributed by atoms with Crippen molar-refractivity contribution in [3.8, 4) is 67.5 Å². The quantitative estimate of drug-likeness (QED) is 0.0375. The standard InChI is InChI=1S/C68H70N4O4/c1-5-9-13-17-45-73-53-29-21-49(22-30-53)65-57-37-39-59(69-57)66(50-23-31-54(32-24-50)74-46-18-14-10-6-2)61-41-43-63(71-61)68(52-27-35-56(36-28-52)76-48-20-16-12-8-4)64-44-42-62(72-64)67(60-40-38-58(65)70-60)51-25-33-55(34-26-51)75-47-19-15-11-7-3/h5-8,21-44,69,72H,1-4,9-20,45-48H2. The van der Waals surface area contributed by atoms with Crippen LogP contribution in [0.4, 0.5) is 0 Å². The molecular weight excluding hydrogens is 937 g/mol. The van der Waals surface area contributed by atoms with E-state index in [4.69, 9.17) is 28.9 Å². The van der Waals surface area contributed by atoms with Gasteiger partial charge < -0.3 is 28.9 Å². The molecule has 5 heterocycles. The Morgan fingerprint density at radius 2 is 0.526 bits per heavy atom. The molecular formula is C68H70N4O4. The largest absolute Gasteiger partial charge is 0.494 e. The highest BCUT2D eigenvalue weighted by Gasteiger charge is 2.20. The third-order valence-corrected chi connectivity index (χ3v) is 13.6. The van der Waals surface area contributed by atoms with E-state index in [1.54, 1.807) is 0 Å². The van der Waals surface area contributed by atoms with Gasteiger partial charge in [0.1, 0.15) is 23.0 Å². The zero-order valence-corrected chi connectivity index (χ0v) is 43.8. The third-order valence-electron chi connectivity index (χ3n) is 13.6. The topological polar surface area (TPSA) is 94.3 Å². The van der Waals surface area contributed by atoms with Crippen molar-refractivity contribution in [2.45, 2.75) is 77.0 Å². The molecule has 2 N–H and O–H groups in total. The predicted octanol–water partition coefficient (Wildman–Crippen LogP) is 18.3. The molecule has 2 aliphatic rings. The smallest absolute Gasteiger partial charge is 0.119 e. The average Bonchev–Trinajstić information content (AvgIpc) is 4.32. The highest BCUT2D eigenvalue weighted by atomic mass is 16.5. The van der Waals surface area contributed by atoms with E-state index >= 15 is 0 Å². The van der Waals surface area contributed by atoms with Crippen LogP contribution in [-0.2, 0) is 0 Å². The molecule has 8 nitrogen and oxygen atoms in total. The van der Waals surface area contributed by atoms with Gasteiger partial charge in [0.05, 0.1) is 49.2 Å². The minimum atomic E-state index is 0.649. The van der Waals surface area contributed by atoms with Gasteiger partial charge in [-0.2, -0.15) is 0 Å². The molecule has 0 radical (unpaired) electrons. The van der Waals surface area contributed by atoms with Crippen LogP contribution in [0.5, 0.6) is 23.0 Å². The lowest BCUT2D eigenvalue weighted by atomic mass is 10.0. The minimum Gasteiger partial charge on any atom is -0.494 e. The molecule has 8 heteroatoms. The zero-order valence-electron chi connectivity index (χ0n) is 43.8. The number of aromatic amines is 2. The number of unbranched alkanes of at least 4 members (excludes halogenated alkanes) is 8. The Kier molecular flexibility index (Phi) is 18.5. The fourth-order valence-corrected chi connectivity index (χ4v) is 9.61. The normalized spacial score (nSPS) is 11.6. The Bertz CT molecular complexity index is 2880. The second-order valence-corrected chi connectivity index (χ2v) is 19.1. The van der Waals surface area contributed by atoms with Gasteiger partial charge in [-0.3, -0.25) is 0 Å². The predicted molar refractivity (Wildman–Crippen MR) is 319 cm³/mol. The van der Waals surface area contributed by atoms with Crippen LogP contribution in [0.2, 0.25) is 0 Å². The highest BCUT2D eigenvalue weighted by molar-refractivity contribution is 6.00. The van der Waals surface area contributed by atoms with Crippen molar-refractivity contribution < 1.29 is 18.9 Å². The summed E-state index contributed by atoms with van der Waals surface area (Å²) in [6, 6.07) is 42.1. The van der Waals surface area contributed by atoms with E-state index in [-0.39, 0.29) is 0 Å². The van der Waals surface area contributed by atoms with Crippen molar-refractivity contribution in [3.63, 3.8) is 0 Å². The van der Waals surface area contributed by atoms with Gasteiger partial charge >= 0.3 is 0 Å². The molecule has 0 atom stereocenters. The second-order valence-electron chi connectivity index (χ2n) is 19.1. The summed E-state index contributed by atoms with van der Waals surface area (Å²) < 4.78 is 24.8. The number of H-pyrrole nitrogens is 2. The Morgan fingerprint density at radius 1 is 0.303 bits per heavy atom. The van der Waals surface area contributed by atoms with Crippen LogP contribution < -0.4 is 18.9 Å².